The molecule has 0 atom stereocenters. The second-order valence-electron chi connectivity index (χ2n) is 6.32. The monoisotopic (exact) mass is 349 g/mol. The van der Waals surface area contributed by atoms with Crippen molar-refractivity contribution in [1.29, 1.82) is 0 Å². The van der Waals surface area contributed by atoms with E-state index in [1.807, 2.05) is 40.6 Å². The molecule has 1 aliphatic rings. The van der Waals surface area contributed by atoms with Gasteiger partial charge >= 0.3 is 0 Å². The van der Waals surface area contributed by atoms with E-state index in [1.54, 1.807) is 11.3 Å². The zero-order valence-electron chi connectivity index (χ0n) is 14.1. The molecule has 1 fully saturated rings. The fourth-order valence-corrected chi connectivity index (χ4v) is 3.47. The summed E-state index contributed by atoms with van der Waals surface area (Å²) in [6, 6.07) is 1.98. The number of carbonyl (C=O) groups is 1. The number of likely N-dealkylation sites (N-methyl/N-ethyl adjacent to an activating group) is 1. The Bertz CT molecular complexity index is 675. The average Bonchev–Trinajstić information content (AvgIpc) is 3.18. The van der Waals surface area contributed by atoms with Crippen LogP contribution >= 0.6 is 11.3 Å². The number of rotatable bonds is 5. The number of piperidine rings is 1. The van der Waals surface area contributed by atoms with E-state index >= 15 is 0 Å². The summed E-state index contributed by atoms with van der Waals surface area (Å²) in [5.74, 6) is 1.52. The van der Waals surface area contributed by atoms with Gasteiger partial charge in [-0.25, -0.2) is 4.98 Å². The third-order valence-electron chi connectivity index (χ3n) is 4.30. The summed E-state index contributed by atoms with van der Waals surface area (Å²) in [5, 5.41) is 13.5. The molecule has 3 rings (SSSR count). The highest BCUT2D eigenvalue weighted by Crippen LogP contribution is 2.24. The molecule has 2 aromatic heterocycles. The highest BCUT2D eigenvalue weighted by atomic mass is 32.1. The fourth-order valence-electron chi connectivity index (χ4n) is 2.84. The van der Waals surface area contributed by atoms with Crippen LogP contribution in [-0.2, 0) is 11.3 Å². The molecule has 6 nitrogen and oxygen atoms in total. The van der Waals surface area contributed by atoms with Crippen LogP contribution in [0.4, 0.5) is 0 Å². The van der Waals surface area contributed by atoms with Gasteiger partial charge in [0, 0.05) is 30.6 Å². The number of thiophene rings is 1. The maximum Gasteiger partial charge on any atom is 0.236 e. The first-order valence-corrected chi connectivity index (χ1v) is 9.10. The summed E-state index contributed by atoms with van der Waals surface area (Å²) >= 11 is 1.61. The highest BCUT2D eigenvalue weighted by Gasteiger charge is 2.22. The average molecular weight is 349 g/mol. The maximum absolute atomic E-state index is 12.3. The molecule has 7 heteroatoms. The van der Waals surface area contributed by atoms with Crippen molar-refractivity contribution in [2.24, 2.45) is 0 Å². The molecule has 2 aromatic rings. The summed E-state index contributed by atoms with van der Waals surface area (Å²) in [7, 11) is 1.91. The Morgan fingerprint density at radius 3 is 2.92 bits per heavy atom. The number of aliphatic hydroxyl groups excluding tert-OH is 1. The number of oxazole rings is 1. The second-order valence-corrected chi connectivity index (χ2v) is 7.10. The van der Waals surface area contributed by atoms with Crippen LogP contribution in [0.3, 0.4) is 0 Å². The first kappa shape index (κ1) is 17.1. The number of aliphatic hydroxyl groups is 1. The fraction of sp³-hybridized carbons (Fsp3) is 0.529. The Labute approximate surface area is 145 Å². The van der Waals surface area contributed by atoms with Gasteiger partial charge in [-0.3, -0.25) is 9.69 Å². The number of amides is 1. The second kappa shape index (κ2) is 7.46. The molecule has 0 aliphatic carbocycles. The van der Waals surface area contributed by atoms with Crippen molar-refractivity contribution in [3.8, 4) is 11.5 Å². The third-order valence-corrected chi connectivity index (χ3v) is 4.99. The molecule has 1 aliphatic heterocycles. The van der Waals surface area contributed by atoms with E-state index in [9.17, 15) is 9.90 Å². The van der Waals surface area contributed by atoms with Crippen LogP contribution in [0.2, 0.25) is 0 Å². The molecule has 0 radical (unpaired) electrons. The van der Waals surface area contributed by atoms with E-state index in [4.69, 9.17) is 4.42 Å². The molecule has 24 heavy (non-hydrogen) atoms. The molecule has 0 unspecified atom stereocenters. The molecule has 130 valence electrons. The van der Waals surface area contributed by atoms with Crippen LogP contribution in [0.25, 0.3) is 11.5 Å². The minimum Gasteiger partial charge on any atom is -0.441 e. The predicted molar refractivity (Wildman–Crippen MR) is 92.7 cm³/mol. The van der Waals surface area contributed by atoms with Gasteiger partial charge in [0.25, 0.3) is 0 Å². The summed E-state index contributed by atoms with van der Waals surface area (Å²) in [6.07, 6.45) is 1.07. The Morgan fingerprint density at radius 2 is 2.25 bits per heavy atom. The Morgan fingerprint density at radius 1 is 1.50 bits per heavy atom. The van der Waals surface area contributed by atoms with Gasteiger partial charge < -0.3 is 14.4 Å². The number of carbonyl (C=O) groups excluding carboxylic acids is 1. The smallest absolute Gasteiger partial charge is 0.236 e. The first-order valence-electron chi connectivity index (χ1n) is 8.16. The lowest BCUT2D eigenvalue weighted by atomic mass is 10.1. The molecule has 1 N–H and O–H groups in total. The SMILES string of the molecule is Cc1oc(-c2ccsc2)nc1CN(C)CC(=O)N1CCC(O)CC1. The van der Waals surface area contributed by atoms with Crippen LogP contribution in [0, 0.1) is 6.92 Å². The van der Waals surface area contributed by atoms with Gasteiger partial charge in [0.05, 0.1) is 18.3 Å². The number of hydrogen-bond donors (Lipinski definition) is 1. The largest absolute Gasteiger partial charge is 0.441 e. The number of hydrogen-bond acceptors (Lipinski definition) is 6. The molecular formula is C17H23N3O3S. The van der Waals surface area contributed by atoms with Crippen molar-refractivity contribution in [1.82, 2.24) is 14.8 Å². The van der Waals surface area contributed by atoms with Gasteiger partial charge in [0.2, 0.25) is 11.8 Å². The number of aryl methyl sites for hydroxylation is 1. The zero-order chi connectivity index (χ0) is 17.1. The van der Waals surface area contributed by atoms with Gasteiger partial charge in [-0.05, 0) is 38.3 Å². The molecule has 0 aromatic carbocycles. The number of likely N-dealkylation sites (tertiary alicyclic amines) is 1. The van der Waals surface area contributed by atoms with Crippen molar-refractivity contribution >= 4 is 17.2 Å². The molecule has 1 saturated heterocycles. The lowest BCUT2D eigenvalue weighted by Gasteiger charge is -2.30. The van der Waals surface area contributed by atoms with Gasteiger partial charge in [0.15, 0.2) is 0 Å². The van der Waals surface area contributed by atoms with Crippen LogP contribution in [-0.4, -0.2) is 58.6 Å². The van der Waals surface area contributed by atoms with E-state index < -0.39 is 0 Å². The van der Waals surface area contributed by atoms with E-state index in [1.165, 1.54) is 0 Å². The third kappa shape index (κ3) is 4.03. The normalized spacial score (nSPS) is 16.1. The van der Waals surface area contributed by atoms with Crippen molar-refractivity contribution < 1.29 is 14.3 Å². The Balaban J connectivity index is 1.57. The first-order chi connectivity index (χ1) is 11.5. The van der Waals surface area contributed by atoms with Crippen molar-refractivity contribution in [3.63, 3.8) is 0 Å². The maximum atomic E-state index is 12.3. The van der Waals surface area contributed by atoms with Gasteiger partial charge in [-0.15, -0.1) is 0 Å². The molecule has 1 amide bonds. The lowest BCUT2D eigenvalue weighted by molar-refractivity contribution is -0.134. The minimum atomic E-state index is -0.264. The van der Waals surface area contributed by atoms with Gasteiger partial charge in [0.1, 0.15) is 5.76 Å². The topological polar surface area (TPSA) is 69.8 Å². The zero-order valence-corrected chi connectivity index (χ0v) is 14.9. The van der Waals surface area contributed by atoms with Crippen molar-refractivity contribution in [3.05, 3.63) is 28.3 Å². The molecule has 0 saturated carbocycles. The Hall–Kier alpha value is -1.70. The molecule has 0 bridgehead atoms. The predicted octanol–water partition coefficient (Wildman–Crippen LogP) is 2.13. The van der Waals surface area contributed by atoms with Crippen LogP contribution in [0.15, 0.2) is 21.2 Å². The Kier molecular flexibility index (Phi) is 5.33. The standard InChI is InChI=1S/C17H23N3O3S/c1-12-15(18-17(23-12)13-5-8-24-11-13)9-19(2)10-16(22)20-6-3-14(21)4-7-20/h5,8,11,14,21H,3-4,6-7,9-10H2,1-2H3. The van der Waals surface area contributed by atoms with Gasteiger partial charge in [-0.2, -0.15) is 11.3 Å². The molecule has 3 heterocycles. The summed E-state index contributed by atoms with van der Waals surface area (Å²) in [6.45, 7) is 4.09. The van der Waals surface area contributed by atoms with E-state index in [0.29, 0.717) is 44.9 Å². The number of nitrogens with zero attached hydrogens (tertiary/aromatic N) is 3. The summed E-state index contributed by atoms with van der Waals surface area (Å²) in [5.41, 5.74) is 1.85. The van der Waals surface area contributed by atoms with E-state index in [0.717, 1.165) is 17.0 Å². The minimum absolute atomic E-state index is 0.101. The molecular weight excluding hydrogens is 326 g/mol. The summed E-state index contributed by atoms with van der Waals surface area (Å²) in [4.78, 5) is 20.7. The van der Waals surface area contributed by atoms with Crippen molar-refractivity contribution in [2.75, 3.05) is 26.7 Å². The quantitative estimate of drug-likeness (QED) is 0.895. The van der Waals surface area contributed by atoms with Crippen LogP contribution in [0.1, 0.15) is 24.3 Å². The number of aromatic nitrogens is 1. The van der Waals surface area contributed by atoms with Crippen LogP contribution in [0.5, 0.6) is 0 Å². The highest BCUT2D eigenvalue weighted by molar-refractivity contribution is 7.08. The van der Waals surface area contributed by atoms with Crippen molar-refractivity contribution in [2.45, 2.75) is 32.4 Å². The van der Waals surface area contributed by atoms with Gasteiger partial charge in [-0.1, -0.05) is 0 Å². The summed E-state index contributed by atoms with van der Waals surface area (Å²) < 4.78 is 5.74. The van der Waals surface area contributed by atoms with Crippen LogP contribution < -0.4 is 0 Å². The lowest BCUT2D eigenvalue weighted by Crippen LogP contribution is -2.44. The molecule has 0 spiro atoms. The van der Waals surface area contributed by atoms with E-state index in [-0.39, 0.29) is 12.0 Å². The van der Waals surface area contributed by atoms with E-state index in [2.05, 4.69) is 4.98 Å².